The highest BCUT2D eigenvalue weighted by Crippen LogP contribution is 2.30. The molecule has 1 heterocycles. The molecular weight excluding hydrogens is 304 g/mol. The molecule has 6 nitrogen and oxygen atoms in total. The molecule has 1 aromatic carbocycles. The van der Waals surface area contributed by atoms with Gasteiger partial charge < -0.3 is 13.7 Å². The van der Waals surface area contributed by atoms with E-state index in [9.17, 15) is 8.42 Å². The van der Waals surface area contributed by atoms with E-state index in [0.29, 0.717) is 5.52 Å². The summed E-state index contributed by atoms with van der Waals surface area (Å²) in [4.78, 5) is 2.80. The zero-order chi connectivity index (χ0) is 20.1. The first-order valence-electron chi connectivity index (χ1n) is 8.74. The monoisotopic (exact) mass is 331 g/mol. The van der Waals surface area contributed by atoms with E-state index in [1.54, 1.807) is 34.0 Å². The number of hydrogen-bond donors (Lipinski definition) is 2. The van der Waals surface area contributed by atoms with Crippen LogP contribution in [0.15, 0.2) is 24.4 Å². The van der Waals surface area contributed by atoms with Gasteiger partial charge in [0.15, 0.2) is 5.75 Å². The van der Waals surface area contributed by atoms with Crippen molar-refractivity contribution in [2.75, 3.05) is 20.6 Å². The predicted molar refractivity (Wildman–Crippen MR) is 86.3 cm³/mol. The van der Waals surface area contributed by atoms with Gasteiger partial charge in [0.05, 0.1) is 29.4 Å². The number of nitrogens with one attached hydrogen (secondary N) is 1. The maximum atomic E-state index is 11.1. The first-order valence-corrected chi connectivity index (χ1v) is 8.10. The molecule has 0 saturated heterocycles. The van der Waals surface area contributed by atoms with Crippen LogP contribution in [0.3, 0.4) is 0 Å². The molecule has 7 heteroatoms. The molecule has 0 radical (unpaired) electrons. The van der Waals surface area contributed by atoms with Crippen LogP contribution in [0, 0.1) is 0 Å². The van der Waals surface area contributed by atoms with Gasteiger partial charge in [-0.05, 0) is 31.5 Å². The molecule has 0 fully saturated rings. The Bertz CT molecular complexity index is 923. The Morgan fingerprint density at radius 1 is 1.41 bits per heavy atom. The Balaban J connectivity index is 2.73. The summed E-state index contributed by atoms with van der Waals surface area (Å²) in [5.41, 5.74) is 0.263. The van der Waals surface area contributed by atoms with Gasteiger partial charge in [-0.2, -0.15) is 8.42 Å². The Labute approximate surface area is 136 Å². The summed E-state index contributed by atoms with van der Waals surface area (Å²) < 4.78 is 69.6. The Morgan fingerprint density at radius 3 is 2.68 bits per heavy atom. The highest BCUT2D eigenvalue weighted by Gasteiger charge is 2.21. The smallest absolute Gasteiger partial charge is 0.361 e. The fraction of sp³-hybridized carbons (Fsp3) is 0.467. The molecule has 2 rings (SSSR count). The van der Waals surface area contributed by atoms with Crippen molar-refractivity contribution in [1.29, 1.82) is 0 Å². The van der Waals surface area contributed by atoms with Gasteiger partial charge in [-0.3, -0.25) is 4.55 Å². The van der Waals surface area contributed by atoms with Gasteiger partial charge in [-0.15, -0.1) is 0 Å². The maximum absolute atomic E-state index is 11.1. The van der Waals surface area contributed by atoms with E-state index in [-0.39, 0.29) is 27.2 Å². The summed E-state index contributed by atoms with van der Waals surface area (Å²) in [6.07, 6.45) is -1.21. The number of aromatic nitrogens is 1. The summed E-state index contributed by atoms with van der Waals surface area (Å²) in [7, 11) is -1.64. The number of rotatable bonds is 6. The Morgan fingerprint density at radius 2 is 2.09 bits per heavy atom. The molecule has 0 aliphatic carbocycles. The first-order chi connectivity index (χ1) is 11.6. The van der Waals surface area contributed by atoms with Crippen molar-refractivity contribution < 1.29 is 27.1 Å². The normalized spacial score (nSPS) is 17.0. The Hall–Kier alpha value is -1.57. The minimum absolute atomic E-state index is 0.0581. The van der Waals surface area contributed by atoms with Gasteiger partial charge in [0.1, 0.15) is 0 Å². The van der Waals surface area contributed by atoms with E-state index in [1.165, 1.54) is 18.3 Å². The lowest BCUT2D eigenvalue weighted by atomic mass is 10.1. The first kappa shape index (κ1) is 11.9. The minimum Gasteiger partial charge on any atom is -0.361 e. The largest absolute Gasteiger partial charge is 0.446 e. The van der Waals surface area contributed by atoms with Gasteiger partial charge >= 0.3 is 10.4 Å². The molecular formula is C15H23N2O4S+. The summed E-state index contributed by atoms with van der Waals surface area (Å²) in [6, 6.07) is 4.09. The number of aromatic amines is 1. The average Bonchev–Trinajstić information content (AvgIpc) is 2.90. The van der Waals surface area contributed by atoms with Crippen molar-refractivity contribution in [1.82, 2.24) is 4.98 Å². The van der Waals surface area contributed by atoms with Crippen LogP contribution in [0.5, 0.6) is 5.75 Å². The lowest BCUT2D eigenvalue weighted by Gasteiger charge is -2.34. The number of aryl methyl sites for hydroxylation is 1. The third-order valence-electron chi connectivity index (χ3n) is 3.63. The number of quaternary nitrogens is 1. The molecule has 2 aromatic rings. The molecule has 2 N–H and O–H groups in total. The maximum Gasteiger partial charge on any atom is 0.446 e. The van der Waals surface area contributed by atoms with Gasteiger partial charge in [-0.25, -0.2) is 0 Å². The number of H-pyrrole nitrogens is 1. The molecule has 0 amide bonds. The van der Waals surface area contributed by atoms with Crippen molar-refractivity contribution in [2.24, 2.45) is 0 Å². The van der Waals surface area contributed by atoms with Crippen molar-refractivity contribution in [3.05, 3.63) is 30.0 Å². The summed E-state index contributed by atoms with van der Waals surface area (Å²) >= 11 is 0. The zero-order valence-corrected chi connectivity index (χ0v) is 13.7. The molecule has 0 atom stereocenters. The van der Waals surface area contributed by atoms with Gasteiger partial charge in [0, 0.05) is 26.2 Å². The molecule has 22 heavy (non-hydrogen) atoms. The quantitative estimate of drug-likeness (QED) is 0.629. The lowest BCUT2D eigenvalue weighted by Crippen LogP contribution is -2.47. The predicted octanol–water partition coefficient (Wildman–Crippen LogP) is 2.38. The van der Waals surface area contributed by atoms with Crippen LogP contribution in [0.4, 0.5) is 0 Å². The standard InChI is InChI=1S/C15H22N2O4S/c1-11(2)17(3,4)9-8-12-10-16-13-6-5-7-14(15(12)13)21-22(18,19)20/h5-7,10-11,16H,8-9H2,1-4H3/p+1/i8D2,9D2. The number of nitrogens with zero attached hydrogens (tertiary/aromatic N) is 1. The summed E-state index contributed by atoms with van der Waals surface area (Å²) in [6.45, 7) is 1.22. The van der Waals surface area contributed by atoms with E-state index >= 15 is 0 Å². The fourth-order valence-electron chi connectivity index (χ4n) is 1.77. The van der Waals surface area contributed by atoms with Crippen LogP contribution < -0.4 is 4.18 Å². The fourth-order valence-corrected chi connectivity index (χ4v) is 2.13. The highest BCUT2D eigenvalue weighted by molar-refractivity contribution is 7.81. The SMILES string of the molecule is [2H]C([2H])(c1c[nH]c2cccc(OS(=O)(=O)O)c12)C([2H])([2H])[N+](C)(C)C(C)C. The number of fused-ring (bicyclic) bond motifs is 1. The van der Waals surface area contributed by atoms with Crippen LogP contribution in [0.25, 0.3) is 10.9 Å². The second kappa shape index (κ2) is 5.91. The molecule has 0 spiro atoms. The van der Waals surface area contributed by atoms with Crippen molar-refractivity contribution in [2.45, 2.75) is 26.3 Å². The van der Waals surface area contributed by atoms with Crippen LogP contribution in [0.1, 0.15) is 24.9 Å². The van der Waals surface area contributed by atoms with Gasteiger partial charge in [0.2, 0.25) is 0 Å². The Kier molecular flexibility index (Phi) is 3.20. The second-order valence-corrected chi connectivity index (χ2v) is 6.78. The minimum atomic E-state index is -4.82. The topological polar surface area (TPSA) is 79.4 Å². The van der Waals surface area contributed by atoms with E-state index in [2.05, 4.69) is 9.17 Å². The van der Waals surface area contributed by atoms with E-state index in [0.717, 1.165) is 0 Å². The van der Waals surface area contributed by atoms with E-state index < -0.39 is 23.3 Å². The number of likely N-dealkylation sites (N-methyl/N-ethyl adjacent to an activating group) is 1. The highest BCUT2D eigenvalue weighted by atomic mass is 32.3. The molecule has 0 bridgehead atoms. The van der Waals surface area contributed by atoms with Crippen LogP contribution >= 0.6 is 0 Å². The lowest BCUT2D eigenvalue weighted by molar-refractivity contribution is -0.910. The van der Waals surface area contributed by atoms with E-state index in [1.807, 2.05) is 0 Å². The van der Waals surface area contributed by atoms with Crippen LogP contribution in [0.2, 0.25) is 0 Å². The van der Waals surface area contributed by atoms with Crippen LogP contribution in [-0.4, -0.2) is 49.1 Å². The zero-order valence-electron chi connectivity index (χ0n) is 16.9. The summed E-state index contributed by atoms with van der Waals surface area (Å²) in [5.74, 6) is -0.282. The second-order valence-electron chi connectivity index (χ2n) is 5.76. The number of benzene rings is 1. The third kappa shape index (κ3) is 3.79. The van der Waals surface area contributed by atoms with Crippen molar-refractivity contribution in [3.63, 3.8) is 0 Å². The average molecular weight is 331 g/mol. The molecule has 1 aromatic heterocycles. The molecule has 0 unspecified atom stereocenters. The van der Waals surface area contributed by atoms with E-state index in [4.69, 9.17) is 10.0 Å². The summed E-state index contributed by atoms with van der Waals surface area (Å²) in [5, 5.41) is 0.0581. The third-order valence-corrected chi connectivity index (χ3v) is 4.02. The van der Waals surface area contributed by atoms with Gasteiger partial charge in [-0.1, -0.05) is 6.07 Å². The molecule has 0 aliphatic heterocycles. The molecule has 122 valence electrons. The van der Waals surface area contributed by atoms with Crippen LogP contribution in [-0.2, 0) is 16.8 Å². The number of hydrogen-bond acceptors (Lipinski definition) is 3. The molecule has 0 saturated carbocycles. The molecule has 0 aliphatic rings. The van der Waals surface area contributed by atoms with Crippen molar-refractivity contribution in [3.8, 4) is 5.75 Å². The van der Waals surface area contributed by atoms with Gasteiger partial charge in [0.25, 0.3) is 0 Å². The van der Waals surface area contributed by atoms with Crippen molar-refractivity contribution >= 4 is 21.3 Å².